The van der Waals surface area contributed by atoms with Gasteiger partial charge in [0.25, 0.3) is 10.2 Å². The summed E-state index contributed by atoms with van der Waals surface area (Å²) in [6.45, 7) is 1.82. The number of rotatable bonds is 3. The first-order chi connectivity index (χ1) is 12.2. The van der Waals surface area contributed by atoms with Crippen LogP contribution in [0.2, 0.25) is 0 Å². The van der Waals surface area contributed by atoms with Crippen LogP contribution in [0.3, 0.4) is 0 Å². The van der Waals surface area contributed by atoms with Crippen LogP contribution in [0, 0.1) is 6.92 Å². The lowest BCUT2D eigenvalue weighted by Crippen LogP contribution is -2.56. The van der Waals surface area contributed by atoms with Crippen LogP contribution >= 0.6 is 15.9 Å². The molecule has 2 atom stereocenters. The Labute approximate surface area is 160 Å². The number of nitrogens with one attached hydrogen (secondary N) is 2. The predicted octanol–water partition coefficient (Wildman–Crippen LogP) is 1.71. The highest BCUT2D eigenvalue weighted by Gasteiger charge is 2.41. The van der Waals surface area contributed by atoms with Crippen molar-refractivity contribution in [3.05, 3.63) is 46.2 Å². The topological polar surface area (TPSA) is 96.3 Å². The Hall–Kier alpha value is -1.75. The van der Waals surface area contributed by atoms with E-state index in [0.717, 1.165) is 20.0 Å². The molecule has 10 heteroatoms. The number of anilines is 1. The van der Waals surface area contributed by atoms with E-state index in [0.29, 0.717) is 12.1 Å². The molecule has 0 spiro atoms. The standard InChI is InChI=1S/C16H20BrN5O3S/c1-10-13(9-21(2)19-10)14-8-15(22(3)26(24,25)20-14)16(23)18-12-6-4-11(17)5-7-12/h4-7,9,14-15,20H,8H2,1-3H3,(H,18,23)/t14-,15+/m1/s1. The van der Waals surface area contributed by atoms with Gasteiger partial charge in [-0.25, -0.2) is 0 Å². The Kier molecular flexibility index (Phi) is 5.20. The van der Waals surface area contributed by atoms with E-state index < -0.39 is 22.3 Å². The smallest absolute Gasteiger partial charge is 0.280 e. The minimum Gasteiger partial charge on any atom is -0.325 e. The van der Waals surface area contributed by atoms with Crippen molar-refractivity contribution in [2.75, 3.05) is 12.4 Å². The maximum atomic E-state index is 12.7. The molecule has 2 aromatic rings. The fourth-order valence-electron chi connectivity index (χ4n) is 3.03. The number of aromatic nitrogens is 2. The molecule has 0 saturated carbocycles. The summed E-state index contributed by atoms with van der Waals surface area (Å²) < 4.78 is 31.2. The first-order valence-electron chi connectivity index (χ1n) is 7.99. The van der Waals surface area contributed by atoms with Crippen LogP contribution in [0.5, 0.6) is 0 Å². The number of carbonyl (C=O) groups excluding carboxylic acids is 1. The number of hydrogen-bond acceptors (Lipinski definition) is 4. The van der Waals surface area contributed by atoms with E-state index in [1.807, 2.05) is 6.92 Å². The van der Waals surface area contributed by atoms with Crippen molar-refractivity contribution in [2.24, 2.45) is 7.05 Å². The fourth-order valence-corrected chi connectivity index (χ4v) is 4.56. The molecule has 0 aliphatic carbocycles. The number of likely N-dealkylation sites (N-methyl/N-ethyl adjacent to an activating group) is 1. The molecule has 1 aromatic carbocycles. The second-order valence-corrected chi connectivity index (χ2v) is 8.96. The van der Waals surface area contributed by atoms with Gasteiger partial charge in [-0.05, 0) is 37.6 Å². The number of nitrogens with zero attached hydrogens (tertiary/aromatic N) is 3. The minimum absolute atomic E-state index is 0.310. The summed E-state index contributed by atoms with van der Waals surface area (Å²) in [7, 11) is -0.603. The molecular weight excluding hydrogens is 422 g/mol. The molecule has 2 N–H and O–H groups in total. The highest BCUT2D eigenvalue weighted by molar-refractivity contribution is 9.10. The number of amides is 1. The first-order valence-corrected chi connectivity index (χ1v) is 10.2. The van der Waals surface area contributed by atoms with Gasteiger partial charge in [0.2, 0.25) is 5.91 Å². The molecule has 0 bridgehead atoms. The van der Waals surface area contributed by atoms with E-state index in [2.05, 4.69) is 31.1 Å². The van der Waals surface area contributed by atoms with Gasteiger partial charge in [-0.2, -0.15) is 22.5 Å². The van der Waals surface area contributed by atoms with Gasteiger partial charge in [-0.15, -0.1) is 0 Å². The molecule has 2 heterocycles. The molecule has 1 saturated heterocycles. The summed E-state index contributed by atoms with van der Waals surface area (Å²) in [6.07, 6.45) is 2.09. The average molecular weight is 442 g/mol. The molecule has 1 aliphatic heterocycles. The number of halogens is 1. The molecule has 0 radical (unpaired) electrons. The van der Waals surface area contributed by atoms with Gasteiger partial charge in [-0.1, -0.05) is 15.9 Å². The molecule has 8 nitrogen and oxygen atoms in total. The molecule has 140 valence electrons. The van der Waals surface area contributed by atoms with Crippen LogP contribution in [0.15, 0.2) is 34.9 Å². The van der Waals surface area contributed by atoms with Crippen molar-refractivity contribution in [1.82, 2.24) is 18.8 Å². The predicted molar refractivity (Wildman–Crippen MR) is 102 cm³/mol. The van der Waals surface area contributed by atoms with Crippen molar-refractivity contribution >= 4 is 37.7 Å². The van der Waals surface area contributed by atoms with Crippen LogP contribution < -0.4 is 10.0 Å². The summed E-state index contributed by atoms with van der Waals surface area (Å²) in [5, 5.41) is 7.05. The molecule has 1 amide bonds. The van der Waals surface area contributed by atoms with Gasteiger partial charge in [-0.3, -0.25) is 9.48 Å². The zero-order valence-electron chi connectivity index (χ0n) is 14.6. The lowest BCUT2D eigenvalue weighted by Gasteiger charge is -2.36. The van der Waals surface area contributed by atoms with Crippen molar-refractivity contribution in [3.8, 4) is 0 Å². The zero-order valence-corrected chi connectivity index (χ0v) is 17.0. The third kappa shape index (κ3) is 3.83. The first kappa shape index (κ1) is 19.0. The number of hydrogen-bond donors (Lipinski definition) is 2. The van der Waals surface area contributed by atoms with Crippen LogP contribution in [0.1, 0.15) is 23.7 Å². The normalized spacial score (nSPS) is 22.9. The molecule has 26 heavy (non-hydrogen) atoms. The van der Waals surface area contributed by atoms with Crippen molar-refractivity contribution in [3.63, 3.8) is 0 Å². The van der Waals surface area contributed by atoms with Gasteiger partial charge in [0.05, 0.1) is 11.7 Å². The molecular formula is C16H20BrN5O3S. The van der Waals surface area contributed by atoms with E-state index in [1.54, 1.807) is 42.2 Å². The van der Waals surface area contributed by atoms with Gasteiger partial charge < -0.3 is 5.32 Å². The van der Waals surface area contributed by atoms with Crippen LogP contribution in [0.25, 0.3) is 0 Å². The average Bonchev–Trinajstić information content (AvgIpc) is 2.90. The van der Waals surface area contributed by atoms with Crippen LogP contribution in [-0.4, -0.2) is 41.5 Å². The lowest BCUT2D eigenvalue weighted by atomic mass is 10.00. The SMILES string of the molecule is Cc1nn(C)cc1[C@H]1C[C@@H](C(=O)Nc2ccc(Br)cc2)N(C)S(=O)(=O)N1. The fraction of sp³-hybridized carbons (Fsp3) is 0.375. The Morgan fingerprint density at radius 1 is 1.31 bits per heavy atom. The summed E-state index contributed by atoms with van der Waals surface area (Å²) >= 11 is 3.34. The maximum absolute atomic E-state index is 12.7. The molecule has 1 aromatic heterocycles. The summed E-state index contributed by atoms with van der Waals surface area (Å²) in [4.78, 5) is 12.7. The highest BCUT2D eigenvalue weighted by Crippen LogP contribution is 2.29. The number of carbonyl (C=O) groups is 1. The Balaban J connectivity index is 1.85. The Bertz CT molecular complexity index is 926. The van der Waals surface area contributed by atoms with E-state index >= 15 is 0 Å². The van der Waals surface area contributed by atoms with Gasteiger partial charge in [0.15, 0.2) is 0 Å². The van der Waals surface area contributed by atoms with Crippen LogP contribution in [0.4, 0.5) is 5.69 Å². The van der Waals surface area contributed by atoms with E-state index in [9.17, 15) is 13.2 Å². The molecule has 0 unspecified atom stereocenters. The van der Waals surface area contributed by atoms with Crippen molar-refractivity contribution < 1.29 is 13.2 Å². The summed E-state index contributed by atoms with van der Waals surface area (Å²) in [5.41, 5.74) is 2.11. The second-order valence-electron chi connectivity index (χ2n) is 6.28. The lowest BCUT2D eigenvalue weighted by molar-refractivity contribution is -0.120. The quantitative estimate of drug-likeness (QED) is 0.757. The van der Waals surface area contributed by atoms with E-state index in [1.165, 1.54) is 7.05 Å². The minimum atomic E-state index is -3.78. The zero-order chi connectivity index (χ0) is 19.1. The summed E-state index contributed by atoms with van der Waals surface area (Å²) in [6, 6.07) is 5.78. The molecule has 1 aliphatic rings. The maximum Gasteiger partial charge on any atom is 0.280 e. The van der Waals surface area contributed by atoms with Gasteiger partial charge in [0.1, 0.15) is 6.04 Å². The van der Waals surface area contributed by atoms with E-state index in [-0.39, 0.29) is 5.91 Å². The largest absolute Gasteiger partial charge is 0.325 e. The van der Waals surface area contributed by atoms with Crippen LogP contribution in [-0.2, 0) is 22.1 Å². The Morgan fingerprint density at radius 3 is 2.54 bits per heavy atom. The van der Waals surface area contributed by atoms with Crippen molar-refractivity contribution in [2.45, 2.75) is 25.4 Å². The molecule has 1 fully saturated rings. The van der Waals surface area contributed by atoms with Gasteiger partial charge >= 0.3 is 0 Å². The number of aryl methyl sites for hydroxylation is 2. The second kappa shape index (κ2) is 7.10. The van der Waals surface area contributed by atoms with E-state index in [4.69, 9.17) is 0 Å². The Morgan fingerprint density at radius 2 is 1.96 bits per heavy atom. The molecule has 3 rings (SSSR count). The van der Waals surface area contributed by atoms with Crippen molar-refractivity contribution in [1.29, 1.82) is 0 Å². The van der Waals surface area contributed by atoms with Gasteiger partial charge in [0, 0.05) is 36.0 Å². The third-order valence-electron chi connectivity index (χ3n) is 4.41. The number of benzene rings is 1. The monoisotopic (exact) mass is 441 g/mol. The third-order valence-corrected chi connectivity index (χ3v) is 6.53. The summed E-state index contributed by atoms with van der Waals surface area (Å²) in [5.74, 6) is -0.369. The highest BCUT2D eigenvalue weighted by atomic mass is 79.9.